The van der Waals surface area contributed by atoms with Crippen LogP contribution < -0.4 is 4.72 Å². The van der Waals surface area contributed by atoms with Crippen LogP contribution in [0.3, 0.4) is 0 Å². The van der Waals surface area contributed by atoms with Crippen molar-refractivity contribution in [1.82, 2.24) is 4.72 Å². The highest BCUT2D eigenvalue weighted by molar-refractivity contribution is 7.89. The van der Waals surface area contributed by atoms with Crippen molar-refractivity contribution < 1.29 is 23.1 Å². The summed E-state index contributed by atoms with van der Waals surface area (Å²) in [4.78, 5) is 10.7. The highest BCUT2D eigenvalue weighted by atomic mass is 32.2. The summed E-state index contributed by atoms with van der Waals surface area (Å²) >= 11 is 0.900. The summed E-state index contributed by atoms with van der Waals surface area (Å²) in [7, 11) is -1.98. The van der Waals surface area contributed by atoms with Crippen molar-refractivity contribution in [1.29, 1.82) is 0 Å². The Balaban J connectivity index is 2.44. The molecule has 0 aliphatic rings. The molecule has 0 aliphatic heterocycles. The van der Waals surface area contributed by atoms with Crippen LogP contribution in [0, 0.1) is 0 Å². The predicted molar refractivity (Wildman–Crippen MR) is 72.2 cm³/mol. The number of aromatic carboxylic acids is 1. The number of rotatable bonds is 9. The van der Waals surface area contributed by atoms with E-state index in [0.29, 0.717) is 13.2 Å². The van der Waals surface area contributed by atoms with E-state index >= 15 is 0 Å². The van der Waals surface area contributed by atoms with Crippen molar-refractivity contribution in [2.24, 2.45) is 0 Å². The number of nitrogens with one attached hydrogen (secondary N) is 1. The van der Waals surface area contributed by atoms with E-state index in [2.05, 4.69) is 4.72 Å². The van der Waals surface area contributed by atoms with Gasteiger partial charge in [0.2, 0.25) is 10.0 Å². The molecule has 0 amide bonds. The van der Waals surface area contributed by atoms with Gasteiger partial charge in [0, 0.05) is 25.6 Å². The first kappa shape index (κ1) is 16.1. The molecule has 0 aromatic carbocycles. The standard InChI is InChI=1S/C11H17NO5S2/c1-17-6-4-2-3-5-12-19(15,16)9-7-10(11(13)14)18-8-9/h7-8,12H,2-6H2,1H3,(H,13,14). The fourth-order valence-corrected chi connectivity index (χ4v) is 3.60. The van der Waals surface area contributed by atoms with Gasteiger partial charge in [0.25, 0.3) is 0 Å². The third-order valence-electron chi connectivity index (χ3n) is 2.41. The molecule has 19 heavy (non-hydrogen) atoms. The van der Waals surface area contributed by atoms with E-state index in [1.807, 2.05) is 0 Å². The van der Waals surface area contributed by atoms with Crippen LogP contribution in [0.25, 0.3) is 0 Å². The van der Waals surface area contributed by atoms with Crippen LogP contribution in [-0.2, 0) is 14.8 Å². The summed E-state index contributed by atoms with van der Waals surface area (Å²) in [6, 6.07) is 1.17. The fraction of sp³-hybridized carbons (Fsp3) is 0.545. The van der Waals surface area contributed by atoms with E-state index in [-0.39, 0.29) is 9.77 Å². The zero-order valence-corrected chi connectivity index (χ0v) is 12.2. The number of hydrogen-bond donors (Lipinski definition) is 2. The van der Waals surface area contributed by atoms with Crippen molar-refractivity contribution in [3.8, 4) is 0 Å². The molecule has 1 aromatic rings. The molecule has 6 nitrogen and oxygen atoms in total. The summed E-state index contributed by atoms with van der Waals surface area (Å²) in [5, 5.41) is 10.1. The second-order valence-electron chi connectivity index (χ2n) is 3.90. The quantitative estimate of drug-likeness (QED) is 0.675. The maximum absolute atomic E-state index is 11.8. The molecule has 0 aliphatic carbocycles. The van der Waals surface area contributed by atoms with Crippen molar-refractivity contribution >= 4 is 27.3 Å². The molecule has 2 N–H and O–H groups in total. The molecule has 108 valence electrons. The molecule has 1 heterocycles. The van der Waals surface area contributed by atoms with Gasteiger partial charge in [-0.2, -0.15) is 0 Å². The molecule has 0 fully saturated rings. The lowest BCUT2D eigenvalue weighted by Gasteiger charge is -2.04. The average Bonchev–Trinajstić information content (AvgIpc) is 2.84. The number of ether oxygens (including phenoxy) is 1. The number of unbranched alkanes of at least 4 members (excludes halogenated alkanes) is 2. The maximum Gasteiger partial charge on any atom is 0.345 e. The fourth-order valence-electron chi connectivity index (χ4n) is 1.41. The lowest BCUT2D eigenvalue weighted by atomic mass is 10.2. The number of hydrogen-bond acceptors (Lipinski definition) is 5. The minimum Gasteiger partial charge on any atom is -0.477 e. The number of carbonyl (C=O) groups is 1. The van der Waals surface area contributed by atoms with E-state index < -0.39 is 16.0 Å². The largest absolute Gasteiger partial charge is 0.477 e. The van der Waals surface area contributed by atoms with Crippen molar-refractivity contribution in [3.63, 3.8) is 0 Å². The molecule has 0 atom stereocenters. The summed E-state index contributed by atoms with van der Waals surface area (Å²) in [6.45, 7) is 1.00. The normalized spacial score (nSPS) is 11.6. The summed E-state index contributed by atoms with van der Waals surface area (Å²) in [6.07, 6.45) is 2.48. The summed E-state index contributed by atoms with van der Waals surface area (Å²) in [5.41, 5.74) is 0. The van der Waals surface area contributed by atoms with Crippen LogP contribution in [0.15, 0.2) is 16.3 Å². The highest BCUT2D eigenvalue weighted by Gasteiger charge is 2.17. The van der Waals surface area contributed by atoms with Crippen LogP contribution in [0.1, 0.15) is 28.9 Å². The molecular weight excluding hydrogens is 290 g/mol. The number of sulfonamides is 1. The van der Waals surface area contributed by atoms with Crippen LogP contribution in [0.2, 0.25) is 0 Å². The molecule has 8 heteroatoms. The van der Waals surface area contributed by atoms with Gasteiger partial charge in [-0.05, 0) is 25.3 Å². The van der Waals surface area contributed by atoms with Gasteiger partial charge in [-0.1, -0.05) is 0 Å². The first-order chi connectivity index (χ1) is 8.97. The average molecular weight is 307 g/mol. The van der Waals surface area contributed by atoms with Crippen LogP contribution in [0.5, 0.6) is 0 Å². The van der Waals surface area contributed by atoms with Crippen molar-refractivity contribution in [2.75, 3.05) is 20.3 Å². The Bertz CT molecular complexity index is 509. The maximum atomic E-state index is 11.8. The van der Waals surface area contributed by atoms with Crippen molar-refractivity contribution in [2.45, 2.75) is 24.2 Å². The number of methoxy groups -OCH3 is 1. The minimum absolute atomic E-state index is 0.00629. The van der Waals surface area contributed by atoms with Gasteiger partial charge in [-0.25, -0.2) is 17.9 Å². The summed E-state index contributed by atoms with van der Waals surface area (Å²) in [5.74, 6) is -1.12. The monoisotopic (exact) mass is 307 g/mol. The van der Waals surface area contributed by atoms with Gasteiger partial charge in [0.15, 0.2) is 0 Å². The highest BCUT2D eigenvalue weighted by Crippen LogP contribution is 2.19. The number of carboxylic acid groups (broad SMARTS) is 1. The van der Waals surface area contributed by atoms with E-state index in [4.69, 9.17) is 9.84 Å². The molecule has 0 radical (unpaired) electrons. The Kier molecular flexibility index (Phi) is 6.43. The first-order valence-electron chi connectivity index (χ1n) is 5.78. The number of carboxylic acids is 1. The second kappa shape index (κ2) is 7.59. The lowest BCUT2D eigenvalue weighted by molar-refractivity contribution is 0.0702. The molecule has 0 spiro atoms. The smallest absolute Gasteiger partial charge is 0.345 e. The molecule has 0 saturated heterocycles. The minimum atomic E-state index is -3.60. The van der Waals surface area contributed by atoms with E-state index in [0.717, 1.165) is 30.6 Å². The van der Waals surface area contributed by atoms with Gasteiger partial charge in [0.05, 0.1) is 4.90 Å². The summed E-state index contributed by atoms with van der Waals surface area (Å²) < 4.78 is 31.0. The van der Waals surface area contributed by atoms with Crippen LogP contribution in [0.4, 0.5) is 0 Å². The SMILES string of the molecule is COCCCCCNS(=O)(=O)c1csc(C(=O)O)c1. The molecule has 0 bridgehead atoms. The Morgan fingerprint density at radius 1 is 1.42 bits per heavy atom. The Morgan fingerprint density at radius 3 is 2.74 bits per heavy atom. The van der Waals surface area contributed by atoms with Gasteiger partial charge in [-0.3, -0.25) is 0 Å². The molecule has 1 aromatic heterocycles. The topological polar surface area (TPSA) is 92.7 Å². The molecular formula is C11H17NO5S2. The van der Waals surface area contributed by atoms with E-state index in [1.54, 1.807) is 7.11 Å². The Hall–Kier alpha value is -0.960. The zero-order valence-electron chi connectivity index (χ0n) is 10.6. The van der Waals surface area contributed by atoms with Gasteiger partial charge < -0.3 is 9.84 Å². The van der Waals surface area contributed by atoms with Gasteiger partial charge >= 0.3 is 5.97 Å². The molecule has 1 rings (SSSR count). The Labute approximate surface area is 116 Å². The third-order valence-corrected chi connectivity index (χ3v) is 4.92. The number of thiophene rings is 1. The second-order valence-corrected chi connectivity index (χ2v) is 6.58. The van der Waals surface area contributed by atoms with Crippen molar-refractivity contribution in [3.05, 3.63) is 16.3 Å². The van der Waals surface area contributed by atoms with Gasteiger partial charge in [-0.15, -0.1) is 11.3 Å². The van der Waals surface area contributed by atoms with Gasteiger partial charge in [0.1, 0.15) is 4.88 Å². The lowest BCUT2D eigenvalue weighted by Crippen LogP contribution is -2.24. The molecule has 0 saturated carbocycles. The third kappa shape index (κ3) is 5.27. The molecule has 0 unspecified atom stereocenters. The van der Waals surface area contributed by atoms with E-state index in [9.17, 15) is 13.2 Å². The zero-order chi connectivity index (χ0) is 14.3. The Morgan fingerprint density at radius 2 is 2.16 bits per heavy atom. The predicted octanol–water partition coefficient (Wildman–Crippen LogP) is 1.54. The van der Waals surface area contributed by atoms with Crippen LogP contribution in [-0.4, -0.2) is 39.8 Å². The van der Waals surface area contributed by atoms with E-state index in [1.165, 1.54) is 11.4 Å². The van der Waals surface area contributed by atoms with Crippen LogP contribution >= 0.6 is 11.3 Å². The first-order valence-corrected chi connectivity index (χ1v) is 8.14.